The molecule has 0 bridgehead atoms. The summed E-state index contributed by atoms with van der Waals surface area (Å²) in [5.41, 5.74) is 4.65. The van der Waals surface area contributed by atoms with Gasteiger partial charge < -0.3 is 15.4 Å². The van der Waals surface area contributed by atoms with Gasteiger partial charge in [0.2, 0.25) is 5.95 Å². The number of aryl methyl sites for hydroxylation is 1. The Hall–Kier alpha value is -3.88. The van der Waals surface area contributed by atoms with Gasteiger partial charge in [0.15, 0.2) is 5.82 Å². The second kappa shape index (κ2) is 7.61. The number of aromatic nitrogens is 5. The summed E-state index contributed by atoms with van der Waals surface area (Å²) in [5, 5.41) is 19.5. The van der Waals surface area contributed by atoms with Crippen molar-refractivity contribution in [3.63, 3.8) is 0 Å². The summed E-state index contributed by atoms with van der Waals surface area (Å²) in [4.78, 5) is 17.2. The second-order valence-corrected chi connectivity index (χ2v) is 8.80. The zero-order valence-corrected chi connectivity index (χ0v) is 18.6. The molecule has 6 rings (SSSR count). The molecule has 33 heavy (non-hydrogen) atoms. The highest BCUT2D eigenvalue weighted by Gasteiger charge is 2.29. The van der Waals surface area contributed by atoms with Gasteiger partial charge in [-0.05, 0) is 61.4 Å². The summed E-state index contributed by atoms with van der Waals surface area (Å²) in [6.45, 7) is 0. The summed E-state index contributed by atoms with van der Waals surface area (Å²) < 4.78 is 7.23. The third kappa shape index (κ3) is 3.69. The number of aromatic amines is 1. The number of benzene rings is 2. The number of methoxy groups -OCH3 is 1. The molecule has 2 saturated carbocycles. The number of amides is 1. The van der Waals surface area contributed by atoms with Gasteiger partial charge in [-0.15, -0.1) is 5.10 Å². The number of hydrogen-bond donors (Lipinski definition) is 3. The van der Waals surface area contributed by atoms with E-state index >= 15 is 0 Å². The van der Waals surface area contributed by atoms with Gasteiger partial charge in [0.1, 0.15) is 5.75 Å². The minimum absolute atomic E-state index is 0.112. The molecule has 0 atom stereocenters. The first-order chi connectivity index (χ1) is 16.1. The zero-order valence-electron chi connectivity index (χ0n) is 18.6. The topological polar surface area (TPSA) is 110 Å². The number of fused-ring (bicyclic) bond motifs is 1. The van der Waals surface area contributed by atoms with E-state index < -0.39 is 0 Å². The second-order valence-electron chi connectivity index (χ2n) is 8.80. The number of H-pyrrole nitrogens is 1. The quantitative estimate of drug-likeness (QED) is 0.400. The molecule has 2 aliphatic rings. The molecule has 9 nitrogen and oxygen atoms in total. The van der Waals surface area contributed by atoms with Crippen LogP contribution in [0.1, 0.15) is 47.5 Å². The zero-order chi connectivity index (χ0) is 22.5. The number of ether oxygens (including phenoxy) is 1. The van der Waals surface area contributed by atoms with E-state index in [0.717, 1.165) is 35.0 Å². The Labute approximate surface area is 190 Å². The van der Waals surface area contributed by atoms with Crippen LogP contribution in [0.4, 0.5) is 11.6 Å². The van der Waals surface area contributed by atoms with E-state index in [4.69, 9.17) is 9.72 Å². The van der Waals surface area contributed by atoms with E-state index in [2.05, 4.69) is 32.0 Å². The van der Waals surface area contributed by atoms with Gasteiger partial charge >= 0.3 is 0 Å². The molecule has 1 amide bonds. The van der Waals surface area contributed by atoms with E-state index in [0.29, 0.717) is 29.0 Å². The number of hydrogen-bond acceptors (Lipinski definition) is 6. The van der Waals surface area contributed by atoms with Crippen LogP contribution in [0.3, 0.4) is 0 Å². The van der Waals surface area contributed by atoms with E-state index in [-0.39, 0.29) is 11.9 Å². The number of nitrogens with zero attached hydrogens (tertiary/aromatic N) is 4. The van der Waals surface area contributed by atoms with E-state index in [1.165, 1.54) is 18.4 Å². The first-order valence-corrected chi connectivity index (χ1v) is 11.2. The average Bonchev–Trinajstić information content (AvgIpc) is 3.74. The van der Waals surface area contributed by atoms with Crippen LogP contribution in [0.5, 0.6) is 5.75 Å². The fourth-order valence-electron chi connectivity index (χ4n) is 4.20. The van der Waals surface area contributed by atoms with Crippen molar-refractivity contribution >= 4 is 28.4 Å². The summed E-state index contributed by atoms with van der Waals surface area (Å²) in [7, 11) is 3.43. The van der Waals surface area contributed by atoms with Crippen molar-refractivity contribution in [2.75, 3.05) is 12.4 Å². The van der Waals surface area contributed by atoms with Crippen molar-refractivity contribution in [3.8, 4) is 17.1 Å². The molecule has 2 aromatic heterocycles. The molecular formula is C24H25N7O2. The molecule has 0 aliphatic heterocycles. The normalized spacial score (nSPS) is 15.6. The predicted octanol–water partition coefficient (Wildman–Crippen LogP) is 3.88. The SMILES string of the molecule is COc1cc(-c2nc(Nc3ccc4[nH]ncc4c3C3CC3)n(C)n2)ccc1C(=O)NC1CC1. The lowest BCUT2D eigenvalue weighted by Crippen LogP contribution is -2.25. The molecule has 2 heterocycles. The van der Waals surface area contributed by atoms with E-state index in [9.17, 15) is 4.79 Å². The summed E-state index contributed by atoms with van der Waals surface area (Å²) in [6.07, 6.45) is 6.34. The number of rotatable bonds is 7. The molecule has 0 spiro atoms. The highest BCUT2D eigenvalue weighted by molar-refractivity contribution is 5.98. The number of nitrogens with one attached hydrogen (secondary N) is 3. The Morgan fingerprint density at radius 1 is 1.18 bits per heavy atom. The maximum absolute atomic E-state index is 12.5. The Kier molecular flexibility index (Phi) is 4.56. The number of carbonyl (C=O) groups excluding carboxylic acids is 1. The van der Waals surface area contributed by atoms with Gasteiger partial charge in [0, 0.05) is 29.7 Å². The summed E-state index contributed by atoms with van der Waals surface area (Å²) in [6, 6.07) is 9.83. The molecule has 9 heteroatoms. The van der Waals surface area contributed by atoms with Gasteiger partial charge in [-0.3, -0.25) is 9.89 Å². The van der Waals surface area contributed by atoms with Gasteiger partial charge in [-0.1, -0.05) is 6.07 Å². The Morgan fingerprint density at radius 2 is 2.03 bits per heavy atom. The molecule has 0 saturated heterocycles. The maximum Gasteiger partial charge on any atom is 0.255 e. The third-order valence-electron chi connectivity index (χ3n) is 6.28. The largest absolute Gasteiger partial charge is 0.496 e. The minimum Gasteiger partial charge on any atom is -0.496 e. The minimum atomic E-state index is -0.112. The smallest absolute Gasteiger partial charge is 0.255 e. The number of carbonyl (C=O) groups is 1. The van der Waals surface area contributed by atoms with Gasteiger partial charge in [0.25, 0.3) is 5.91 Å². The van der Waals surface area contributed by atoms with Crippen molar-refractivity contribution < 1.29 is 9.53 Å². The Bertz CT molecular complexity index is 1360. The van der Waals surface area contributed by atoms with Crippen molar-refractivity contribution in [2.24, 2.45) is 7.05 Å². The van der Waals surface area contributed by atoms with Gasteiger partial charge in [-0.2, -0.15) is 10.1 Å². The summed E-state index contributed by atoms with van der Waals surface area (Å²) >= 11 is 0. The summed E-state index contributed by atoms with van der Waals surface area (Å²) in [5.74, 6) is 2.14. The fraction of sp³-hybridized carbons (Fsp3) is 0.333. The lowest BCUT2D eigenvalue weighted by molar-refractivity contribution is 0.0948. The molecule has 168 valence electrons. The molecule has 2 fully saturated rings. The Balaban J connectivity index is 1.30. The van der Waals surface area contributed by atoms with Gasteiger partial charge in [0.05, 0.1) is 24.4 Å². The van der Waals surface area contributed by atoms with Crippen molar-refractivity contribution in [1.82, 2.24) is 30.3 Å². The lowest BCUT2D eigenvalue weighted by Gasteiger charge is -2.11. The average molecular weight is 444 g/mol. The van der Waals surface area contributed by atoms with Crippen molar-refractivity contribution in [2.45, 2.75) is 37.6 Å². The molecule has 0 unspecified atom stereocenters. The van der Waals surface area contributed by atoms with Crippen LogP contribution in [0.2, 0.25) is 0 Å². The van der Waals surface area contributed by atoms with Gasteiger partial charge in [-0.25, -0.2) is 4.68 Å². The van der Waals surface area contributed by atoms with Crippen LogP contribution in [0.25, 0.3) is 22.3 Å². The van der Waals surface area contributed by atoms with Crippen LogP contribution in [-0.2, 0) is 7.05 Å². The third-order valence-corrected chi connectivity index (χ3v) is 6.28. The van der Waals surface area contributed by atoms with Crippen LogP contribution in [0, 0.1) is 0 Å². The molecule has 2 aliphatic carbocycles. The maximum atomic E-state index is 12.5. The molecule has 2 aromatic carbocycles. The monoisotopic (exact) mass is 443 g/mol. The molecule has 0 radical (unpaired) electrons. The van der Waals surface area contributed by atoms with E-state index in [1.54, 1.807) is 17.9 Å². The highest BCUT2D eigenvalue weighted by Crippen LogP contribution is 2.47. The first-order valence-electron chi connectivity index (χ1n) is 11.2. The Morgan fingerprint density at radius 3 is 2.79 bits per heavy atom. The van der Waals surface area contributed by atoms with Crippen LogP contribution < -0.4 is 15.4 Å². The molecular weight excluding hydrogens is 418 g/mol. The first kappa shape index (κ1) is 19.8. The fourth-order valence-corrected chi connectivity index (χ4v) is 4.20. The molecule has 3 N–H and O–H groups in total. The van der Waals surface area contributed by atoms with Crippen LogP contribution >= 0.6 is 0 Å². The lowest BCUT2D eigenvalue weighted by atomic mass is 10.0. The highest BCUT2D eigenvalue weighted by atomic mass is 16.5. The number of anilines is 2. The van der Waals surface area contributed by atoms with Crippen LogP contribution in [-0.4, -0.2) is 44.0 Å². The van der Waals surface area contributed by atoms with E-state index in [1.807, 2.05) is 31.4 Å². The van der Waals surface area contributed by atoms with Crippen molar-refractivity contribution in [3.05, 3.63) is 47.7 Å². The predicted molar refractivity (Wildman–Crippen MR) is 125 cm³/mol. The standard InChI is InChI=1S/C24H25N7O2/c1-31-24(27-19-10-9-18-17(12-25-29-18)21(19)13-3-4-13)28-22(30-31)14-5-8-16(20(11-14)33-2)23(32)26-15-6-7-15/h5,8-13,15H,3-4,6-7H2,1-2H3,(H,25,29)(H,26,32)(H,27,28,30). The molecule has 4 aromatic rings. The van der Waals surface area contributed by atoms with Crippen LogP contribution in [0.15, 0.2) is 36.5 Å². The van der Waals surface area contributed by atoms with Crippen molar-refractivity contribution in [1.29, 1.82) is 0 Å².